The van der Waals surface area contributed by atoms with Crippen molar-refractivity contribution in [2.24, 2.45) is 11.7 Å². The van der Waals surface area contributed by atoms with E-state index >= 15 is 0 Å². The maximum Gasteiger partial charge on any atom is 0.263 e. The Bertz CT molecular complexity index is 368. The van der Waals surface area contributed by atoms with Gasteiger partial charge >= 0.3 is 0 Å². The fraction of sp³-hybridized carbons (Fsp3) is 0.571. The normalized spacial score (nSPS) is 14.3. The Hall–Kier alpha value is -0.710. The first-order valence-electron chi connectivity index (χ1n) is 6.21. The quantitative estimate of drug-likeness (QED) is 0.842. The van der Waals surface area contributed by atoms with E-state index < -0.39 is 6.43 Å². The summed E-state index contributed by atoms with van der Waals surface area (Å²) < 4.78 is 24.8. The van der Waals surface area contributed by atoms with Gasteiger partial charge < -0.3 is 11.1 Å². The van der Waals surface area contributed by atoms with E-state index in [-0.39, 0.29) is 23.5 Å². The predicted molar refractivity (Wildman–Crippen MR) is 77.8 cm³/mol. The van der Waals surface area contributed by atoms with Gasteiger partial charge in [0.1, 0.15) is 0 Å². The maximum absolute atomic E-state index is 12.4. The van der Waals surface area contributed by atoms with Gasteiger partial charge in [0.25, 0.3) is 6.43 Å². The highest BCUT2D eigenvalue weighted by atomic mass is 35.5. The van der Waals surface area contributed by atoms with Gasteiger partial charge in [-0.25, -0.2) is 8.78 Å². The lowest BCUT2D eigenvalue weighted by molar-refractivity contribution is 0.151. The van der Waals surface area contributed by atoms with E-state index in [1.165, 1.54) is 12.1 Å². The topological polar surface area (TPSA) is 38.0 Å². The summed E-state index contributed by atoms with van der Waals surface area (Å²) in [5.74, 6) is 0.405. The molecule has 0 heterocycles. The number of hydrogen-bond acceptors (Lipinski definition) is 2. The minimum atomic E-state index is -2.41. The standard InChI is InChI=1S/C14H22F2N2.ClH/c1-10(2)14(3,9-17)18-8-11-4-6-12(7-5-11)13(15)16;/h4-7,10,13,18H,8-9,17H2,1-3H3;1H. The van der Waals surface area contributed by atoms with Crippen LogP contribution in [0.5, 0.6) is 0 Å². The van der Waals surface area contributed by atoms with Crippen molar-refractivity contribution in [3.05, 3.63) is 35.4 Å². The first kappa shape index (κ1) is 18.3. The highest BCUT2D eigenvalue weighted by molar-refractivity contribution is 5.85. The van der Waals surface area contributed by atoms with Crippen LogP contribution < -0.4 is 11.1 Å². The highest BCUT2D eigenvalue weighted by Gasteiger charge is 2.25. The summed E-state index contributed by atoms with van der Waals surface area (Å²) in [6, 6.07) is 6.39. The molecule has 1 aromatic carbocycles. The van der Waals surface area contributed by atoms with Crippen LogP contribution in [-0.4, -0.2) is 12.1 Å². The van der Waals surface area contributed by atoms with Gasteiger partial charge in [0.05, 0.1) is 0 Å². The van der Waals surface area contributed by atoms with Gasteiger partial charge in [0.15, 0.2) is 0 Å². The number of alkyl halides is 2. The Balaban J connectivity index is 0.00000324. The van der Waals surface area contributed by atoms with Crippen LogP contribution in [0.1, 0.15) is 38.3 Å². The van der Waals surface area contributed by atoms with E-state index in [9.17, 15) is 8.78 Å². The van der Waals surface area contributed by atoms with Crippen LogP contribution in [0.2, 0.25) is 0 Å². The number of rotatable bonds is 6. The second kappa shape index (κ2) is 7.78. The zero-order chi connectivity index (χ0) is 13.8. The smallest absolute Gasteiger partial charge is 0.263 e. The third-order valence-electron chi connectivity index (χ3n) is 3.63. The van der Waals surface area contributed by atoms with Gasteiger partial charge in [-0.15, -0.1) is 12.4 Å². The summed E-state index contributed by atoms with van der Waals surface area (Å²) in [5, 5.41) is 3.40. The minimum Gasteiger partial charge on any atom is -0.329 e. The van der Waals surface area contributed by atoms with Crippen molar-refractivity contribution in [1.29, 1.82) is 0 Å². The number of benzene rings is 1. The zero-order valence-electron chi connectivity index (χ0n) is 11.6. The number of halogens is 3. The molecule has 0 spiro atoms. The van der Waals surface area contributed by atoms with Gasteiger partial charge in [-0.05, 0) is 18.4 Å². The van der Waals surface area contributed by atoms with E-state index in [2.05, 4.69) is 26.1 Å². The summed E-state index contributed by atoms with van der Waals surface area (Å²) in [4.78, 5) is 0. The van der Waals surface area contributed by atoms with Gasteiger partial charge in [0.2, 0.25) is 0 Å². The van der Waals surface area contributed by atoms with E-state index in [1.807, 2.05) is 0 Å². The highest BCUT2D eigenvalue weighted by Crippen LogP contribution is 2.20. The van der Waals surface area contributed by atoms with Crippen molar-refractivity contribution in [2.45, 2.75) is 39.3 Å². The lowest BCUT2D eigenvalue weighted by atomic mass is 9.88. The zero-order valence-corrected chi connectivity index (χ0v) is 12.4. The molecular formula is C14H23ClF2N2. The molecule has 5 heteroatoms. The second-order valence-electron chi connectivity index (χ2n) is 5.17. The summed E-state index contributed by atoms with van der Waals surface area (Å²) in [7, 11) is 0. The molecule has 0 aromatic heterocycles. The van der Waals surface area contributed by atoms with Crippen LogP contribution >= 0.6 is 12.4 Å². The Morgan fingerprint density at radius 1 is 1.21 bits per heavy atom. The van der Waals surface area contributed by atoms with Crippen molar-refractivity contribution in [2.75, 3.05) is 6.54 Å². The molecule has 110 valence electrons. The molecule has 0 radical (unpaired) electrons. The van der Waals surface area contributed by atoms with Crippen LogP contribution in [-0.2, 0) is 6.54 Å². The first-order chi connectivity index (χ1) is 8.39. The summed E-state index contributed by atoms with van der Waals surface area (Å²) in [5.41, 5.74) is 6.68. The SMILES string of the molecule is CC(C)C(C)(CN)NCc1ccc(C(F)F)cc1.Cl. The van der Waals surface area contributed by atoms with Crippen molar-refractivity contribution in [1.82, 2.24) is 5.32 Å². The minimum absolute atomic E-state index is 0. The molecule has 0 saturated carbocycles. The average molecular weight is 293 g/mol. The molecule has 0 saturated heterocycles. The third kappa shape index (κ3) is 5.05. The van der Waals surface area contributed by atoms with E-state index in [0.717, 1.165) is 5.56 Å². The first-order valence-corrected chi connectivity index (χ1v) is 6.21. The number of hydrogen-bond donors (Lipinski definition) is 2. The molecule has 0 bridgehead atoms. The average Bonchev–Trinajstić information content (AvgIpc) is 2.36. The molecule has 3 N–H and O–H groups in total. The molecule has 0 aliphatic rings. The second-order valence-corrected chi connectivity index (χ2v) is 5.17. The van der Waals surface area contributed by atoms with E-state index in [0.29, 0.717) is 19.0 Å². The van der Waals surface area contributed by atoms with Crippen molar-refractivity contribution in [3.8, 4) is 0 Å². The Morgan fingerprint density at radius 3 is 2.11 bits per heavy atom. The largest absolute Gasteiger partial charge is 0.329 e. The number of nitrogens with one attached hydrogen (secondary N) is 1. The van der Waals surface area contributed by atoms with E-state index in [1.54, 1.807) is 12.1 Å². The molecule has 19 heavy (non-hydrogen) atoms. The Morgan fingerprint density at radius 2 is 1.74 bits per heavy atom. The number of nitrogens with two attached hydrogens (primary N) is 1. The lowest BCUT2D eigenvalue weighted by Crippen LogP contribution is -2.52. The molecule has 1 atom stereocenters. The molecule has 0 aliphatic carbocycles. The molecule has 0 aliphatic heterocycles. The third-order valence-corrected chi connectivity index (χ3v) is 3.63. The van der Waals surface area contributed by atoms with Crippen LogP contribution in [0.3, 0.4) is 0 Å². The monoisotopic (exact) mass is 292 g/mol. The van der Waals surface area contributed by atoms with Crippen molar-refractivity contribution >= 4 is 12.4 Å². The maximum atomic E-state index is 12.4. The fourth-order valence-corrected chi connectivity index (χ4v) is 1.60. The van der Waals surface area contributed by atoms with E-state index in [4.69, 9.17) is 5.73 Å². The van der Waals surface area contributed by atoms with Crippen LogP contribution in [0.15, 0.2) is 24.3 Å². The van der Waals surface area contributed by atoms with Gasteiger partial charge in [-0.2, -0.15) is 0 Å². The molecular weight excluding hydrogens is 270 g/mol. The molecule has 1 rings (SSSR count). The summed E-state index contributed by atoms with van der Waals surface area (Å²) in [6.45, 7) is 7.47. The van der Waals surface area contributed by atoms with Crippen molar-refractivity contribution < 1.29 is 8.78 Å². The predicted octanol–water partition coefficient (Wildman–Crippen LogP) is 3.51. The van der Waals surface area contributed by atoms with Gasteiger partial charge in [0, 0.05) is 24.2 Å². The molecule has 0 fully saturated rings. The summed E-state index contributed by atoms with van der Waals surface area (Å²) in [6.07, 6.45) is -2.41. The van der Waals surface area contributed by atoms with Gasteiger partial charge in [-0.1, -0.05) is 38.1 Å². The van der Waals surface area contributed by atoms with Crippen LogP contribution in [0.4, 0.5) is 8.78 Å². The molecule has 2 nitrogen and oxygen atoms in total. The van der Waals surface area contributed by atoms with Gasteiger partial charge in [-0.3, -0.25) is 0 Å². The Kier molecular flexibility index (Phi) is 7.49. The van der Waals surface area contributed by atoms with Crippen LogP contribution in [0, 0.1) is 5.92 Å². The van der Waals surface area contributed by atoms with Crippen molar-refractivity contribution in [3.63, 3.8) is 0 Å². The fourth-order valence-electron chi connectivity index (χ4n) is 1.60. The lowest BCUT2D eigenvalue weighted by Gasteiger charge is -2.34. The molecule has 1 unspecified atom stereocenters. The molecule has 1 aromatic rings. The Labute approximate surface area is 120 Å². The van der Waals surface area contributed by atoms with Crippen LogP contribution in [0.25, 0.3) is 0 Å². The summed E-state index contributed by atoms with van der Waals surface area (Å²) >= 11 is 0. The molecule has 0 amide bonds.